The molecule has 84 valence electrons. The lowest BCUT2D eigenvalue weighted by Gasteiger charge is -2.06. The van der Waals surface area contributed by atoms with Gasteiger partial charge in [-0.15, -0.1) is 11.3 Å². The van der Waals surface area contributed by atoms with Crippen molar-refractivity contribution in [1.82, 2.24) is 0 Å². The fraction of sp³-hybridized carbons (Fsp3) is 0.250. The summed E-state index contributed by atoms with van der Waals surface area (Å²) in [6, 6.07) is 5.53. The molecule has 0 unspecified atom stereocenters. The number of thiophene rings is 1. The maximum atomic E-state index is 11.6. The molecule has 2 rings (SSSR count). The number of hydrogen-bond acceptors (Lipinski definition) is 4. The Morgan fingerprint density at radius 3 is 2.94 bits per heavy atom. The van der Waals surface area contributed by atoms with Crippen LogP contribution in [-0.2, 0) is 4.74 Å². The predicted molar refractivity (Wildman–Crippen MR) is 64.3 cm³/mol. The minimum atomic E-state index is -0.309. The Bertz CT molecular complexity index is 516. The van der Waals surface area contributed by atoms with Crippen molar-refractivity contribution >= 4 is 27.4 Å². The number of benzene rings is 1. The molecule has 0 amide bonds. The van der Waals surface area contributed by atoms with Crippen molar-refractivity contribution < 1.29 is 14.3 Å². The highest BCUT2D eigenvalue weighted by Crippen LogP contribution is 2.31. The van der Waals surface area contributed by atoms with E-state index in [4.69, 9.17) is 9.47 Å². The molecule has 0 N–H and O–H groups in total. The molecule has 3 nitrogen and oxygen atoms in total. The van der Waals surface area contributed by atoms with Crippen LogP contribution in [0.2, 0.25) is 0 Å². The van der Waals surface area contributed by atoms with Crippen LogP contribution in [0.15, 0.2) is 23.6 Å². The highest BCUT2D eigenvalue weighted by atomic mass is 32.1. The lowest BCUT2D eigenvalue weighted by molar-refractivity contribution is 0.0526. The largest absolute Gasteiger partial charge is 0.496 e. The molecule has 0 aliphatic heterocycles. The number of ether oxygens (including phenoxy) is 2. The van der Waals surface area contributed by atoms with Crippen LogP contribution in [0.3, 0.4) is 0 Å². The third-order valence-corrected chi connectivity index (χ3v) is 3.13. The minimum Gasteiger partial charge on any atom is -0.496 e. The Labute approximate surface area is 97.6 Å². The molecule has 1 aromatic carbocycles. The Kier molecular flexibility index (Phi) is 3.10. The third kappa shape index (κ3) is 1.88. The zero-order chi connectivity index (χ0) is 11.5. The monoisotopic (exact) mass is 236 g/mol. The van der Waals surface area contributed by atoms with Gasteiger partial charge in [-0.05, 0) is 30.5 Å². The van der Waals surface area contributed by atoms with Gasteiger partial charge in [0.1, 0.15) is 5.75 Å². The van der Waals surface area contributed by atoms with Crippen LogP contribution in [0, 0.1) is 0 Å². The highest BCUT2D eigenvalue weighted by molar-refractivity contribution is 7.17. The normalized spacial score (nSPS) is 10.4. The second-order valence-electron chi connectivity index (χ2n) is 3.23. The predicted octanol–water partition coefficient (Wildman–Crippen LogP) is 3.09. The third-order valence-electron chi connectivity index (χ3n) is 2.26. The van der Waals surface area contributed by atoms with E-state index < -0.39 is 0 Å². The van der Waals surface area contributed by atoms with E-state index >= 15 is 0 Å². The van der Waals surface area contributed by atoms with Crippen LogP contribution in [0.4, 0.5) is 0 Å². The van der Waals surface area contributed by atoms with Crippen LogP contribution in [0.5, 0.6) is 5.75 Å². The first-order valence-electron chi connectivity index (χ1n) is 4.98. The zero-order valence-electron chi connectivity index (χ0n) is 9.15. The Hall–Kier alpha value is -1.55. The summed E-state index contributed by atoms with van der Waals surface area (Å²) >= 11 is 1.58. The molecule has 4 heteroatoms. The molecule has 16 heavy (non-hydrogen) atoms. The van der Waals surface area contributed by atoms with Crippen molar-refractivity contribution in [3.05, 3.63) is 29.1 Å². The molecule has 0 aliphatic carbocycles. The van der Waals surface area contributed by atoms with Crippen LogP contribution in [0.1, 0.15) is 17.3 Å². The molecule has 2 aromatic rings. The summed E-state index contributed by atoms with van der Waals surface area (Å²) in [5, 5.41) is 3.00. The fourth-order valence-electron chi connectivity index (χ4n) is 1.54. The first kappa shape index (κ1) is 11.0. The maximum absolute atomic E-state index is 11.6. The average molecular weight is 236 g/mol. The van der Waals surface area contributed by atoms with E-state index in [9.17, 15) is 4.79 Å². The molecule has 0 saturated heterocycles. The van der Waals surface area contributed by atoms with Crippen LogP contribution < -0.4 is 4.74 Å². The van der Waals surface area contributed by atoms with Gasteiger partial charge >= 0.3 is 5.97 Å². The van der Waals surface area contributed by atoms with Crippen molar-refractivity contribution in [2.45, 2.75) is 6.92 Å². The van der Waals surface area contributed by atoms with E-state index in [0.717, 1.165) is 10.1 Å². The van der Waals surface area contributed by atoms with Crippen molar-refractivity contribution in [2.75, 3.05) is 13.7 Å². The standard InChI is InChI=1S/C12H12O3S/c1-3-15-12(13)8-6-10(14-2)9-4-5-16-11(9)7-8/h4-7H,3H2,1-2H3. The van der Waals surface area contributed by atoms with Gasteiger partial charge in [0.05, 0.1) is 19.3 Å². The molecule has 1 aromatic heterocycles. The second-order valence-corrected chi connectivity index (χ2v) is 4.18. The number of fused-ring (bicyclic) bond motifs is 1. The summed E-state index contributed by atoms with van der Waals surface area (Å²) in [6.45, 7) is 2.17. The van der Waals surface area contributed by atoms with Crippen LogP contribution >= 0.6 is 11.3 Å². The second kappa shape index (κ2) is 4.53. The number of carbonyl (C=O) groups is 1. The molecule has 0 aliphatic rings. The van der Waals surface area contributed by atoms with Gasteiger partial charge < -0.3 is 9.47 Å². The summed E-state index contributed by atoms with van der Waals surface area (Å²) in [5.41, 5.74) is 0.536. The lowest BCUT2D eigenvalue weighted by Crippen LogP contribution is -2.04. The van der Waals surface area contributed by atoms with E-state index in [-0.39, 0.29) is 5.97 Å². The van der Waals surface area contributed by atoms with Gasteiger partial charge in [0.15, 0.2) is 0 Å². The Morgan fingerprint density at radius 1 is 1.44 bits per heavy atom. The smallest absolute Gasteiger partial charge is 0.338 e. The van der Waals surface area contributed by atoms with Gasteiger partial charge in [-0.1, -0.05) is 0 Å². The number of carbonyl (C=O) groups excluding carboxylic acids is 1. The number of rotatable bonds is 3. The summed E-state index contributed by atoms with van der Waals surface area (Å²) in [4.78, 5) is 11.6. The van der Waals surface area contributed by atoms with Crippen molar-refractivity contribution in [1.29, 1.82) is 0 Å². The number of hydrogen-bond donors (Lipinski definition) is 0. The van der Waals surface area contributed by atoms with E-state index in [2.05, 4.69) is 0 Å². The van der Waals surface area contributed by atoms with E-state index in [1.807, 2.05) is 17.5 Å². The first-order valence-corrected chi connectivity index (χ1v) is 5.86. The molecule has 0 atom stereocenters. The minimum absolute atomic E-state index is 0.309. The van der Waals surface area contributed by atoms with Gasteiger partial charge in [0.2, 0.25) is 0 Å². The molecule has 1 heterocycles. The van der Waals surface area contributed by atoms with E-state index in [1.165, 1.54) is 0 Å². The van der Waals surface area contributed by atoms with Crippen molar-refractivity contribution in [3.63, 3.8) is 0 Å². The topological polar surface area (TPSA) is 35.5 Å². The van der Waals surface area contributed by atoms with Crippen LogP contribution in [0.25, 0.3) is 10.1 Å². The highest BCUT2D eigenvalue weighted by Gasteiger charge is 2.11. The molecule has 0 saturated carbocycles. The van der Waals surface area contributed by atoms with Crippen molar-refractivity contribution in [3.8, 4) is 5.75 Å². The fourth-order valence-corrected chi connectivity index (χ4v) is 2.38. The Balaban J connectivity index is 2.51. The first-order chi connectivity index (χ1) is 7.76. The number of esters is 1. The van der Waals surface area contributed by atoms with Gasteiger partial charge in [-0.25, -0.2) is 4.79 Å². The Morgan fingerprint density at radius 2 is 2.25 bits per heavy atom. The maximum Gasteiger partial charge on any atom is 0.338 e. The summed E-state index contributed by atoms with van der Waals surface area (Å²) < 4.78 is 11.2. The molecule has 0 fully saturated rings. The summed E-state index contributed by atoms with van der Waals surface area (Å²) in [6.07, 6.45) is 0. The molecular formula is C12H12O3S. The quantitative estimate of drug-likeness (QED) is 0.768. The molecule has 0 radical (unpaired) electrons. The van der Waals surface area contributed by atoms with E-state index in [1.54, 1.807) is 31.4 Å². The average Bonchev–Trinajstić information content (AvgIpc) is 2.75. The molecule has 0 spiro atoms. The van der Waals surface area contributed by atoms with E-state index in [0.29, 0.717) is 17.9 Å². The van der Waals surface area contributed by atoms with Crippen molar-refractivity contribution in [2.24, 2.45) is 0 Å². The molecular weight excluding hydrogens is 224 g/mol. The van der Waals surface area contributed by atoms with Gasteiger partial charge in [0, 0.05) is 10.1 Å². The SMILES string of the molecule is CCOC(=O)c1cc(OC)c2ccsc2c1. The zero-order valence-corrected chi connectivity index (χ0v) is 9.97. The van der Waals surface area contributed by atoms with Crippen LogP contribution in [-0.4, -0.2) is 19.7 Å². The summed E-state index contributed by atoms with van der Waals surface area (Å²) in [5.74, 6) is 0.401. The molecule has 0 bridgehead atoms. The van der Waals surface area contributed by atoms with Gasteiger partial charge in [-0.3, -0.25) is 0 Å². The number of methoxy groups -OCH3 is 1. The summed E-state index contributed by atoms with van der Waals surface area (Å²) in [7, 11) is 1.60. The van der Waals surface area contributed by atoms with Gasteiger partial charge in [-0.2, -0.15) is 0 Å². The lowest BCUT2D eigenvalue weighted by atomic mass is 10.1. The van der Waals surface area contributed by atoms with Gasteiger partial charge in [0.25, 0.3) is 0 Å².